The van der Waals surface area contributed by atoms with Gasteiger partial charge in [-0.2, -0.15) is 5.10 Å². The molecule has 0 aliphatic carbocycles. The molecule has 0 atom stereocenters. The molecule has 0 heterocycles. The molecule has 4 heteroatoms. The van der Waals surface area contributed by atoms with Crippen molar-refractivity contribution in [1.29, 1.82) is 0 Å². The molecule has 0 fully saturated rings. The van der Waals surface area contributed by atoms with Crippen LogP contribution < -0.4 is 0 Å². The third kappa shape index (κ3) is 3.85. The summed E-state index contributed by atoms with van der Waals surface area (Å²) < 4.78 is 0. The average Bonchev–Trinajstić information content (AvgIpc) is 2.03. The fourth-order valence-corrected chi connectivity index (χ4v) is 0.661. The summed E-state index contributed by atoms with van der Waals surface area (Å²) in [6.45, 7) is 9.30. The molecule has 0 rings (SSSR count). The van der Waals surface area contributed by atoms with E-state index in [1.807, 2.05) is 13.8 Å². The normalized spacial score (nSPS) is 11.5. The minimum absolute atomic E-state index is 0.201. The lowest BCUT2D eigenvalue weighted by molar-refractivity contribution is -0.109. The predicted molar refractivity (Wildman–Crippen MR) is 50.6 cm³/mol. The molecule has 0 bridgehead atoms. The maximum atomic E-state index is 10.2. The lowest BCUT2D eigenvalue weighted by Crippen LogP contribution is -2.28. The molecule has 0 aromatic rings. The molecule has 0 aliphatic rings. The van der Waals surface area contributed by atoms with E-state index in [0.29, 0.717) is 12.4 Å². The van der Waals surface area contributed by atoms with E-state index in [9.17, 15) is 4.79 Å². The van der Waals surface area contributed by atoms with Gasteiger partial charge in [0, 0.05) is 6.04 Å². The van der Waals surface area contributed by atoms with Crippen molar-refractivity contribution in [3.63, 3.8) is 0 Å². The maximum absolute atomic E-state index is 10.2. The predicted octanol–water partition coefficient (Wildman–Crippen LogP) is 0.930. The van der Waals surface area contributed by atoms with Crippen LogP contribution in [0.5, 0.6) is 0 Å². The molecule has 0 N–H and O–H groups in total. The van der Waals surface area contributed by atoms with Crippen LogP contribution in [0, 0.1) is 0 Å². The van der Waals surface area contributed by atoms with E-state index in [0.717, 1.165) is 6.29 Å². The number of hydrazone groups is 1. The Labute approximate surface area is 73.0 Å². The number of carbonyl (C=O) groups is 1. The highest BCUT2D eigenvalue weighted by Gasteiger charge is 2.04. The van der Waals surface area contributed by atoms with Gasteiger partial charge in [0.2, 0.25) is 0 Å². The first-order valence-electron chi connectivity index (χ1n) is 3.84. The van der Waals surface area contributed by atoms with Gasteiger partial charge in [0.05, 0.1) is 6.54 Å². The molecule has 0 aliphatic heterocycles. The quantitative estimate of drug-likeness (QED) is 0.272. The minimum Gasteiger partial charge on any atom is -0.301 e. The van der Waals surface area contributed by atoms with Crippen LogP contribution in [-0.2, 0) is 4.79 Å². The largest absolute Gasteiger partial charge is 0.301 e. The Kier molecular flexibility index (Phi) is 4.92. The highest BCUT2D eigenvalue weighted by molar-refractivity contribution is 5.83. The molecule has 0 saturated carbocycles. The van der Waals surface area contributed by atoms with E-state index in [2.05, 4.69) is 16.8 Å². The van der Waals surface area contributed by atoms with Crippen LogP contribution in [0.1, 0.15) is 20.8 Å². The second-order valence-corrected chi connectivity index (χ2v) is 2.69. The minimum atomic E-state index is 0.201. The van der Waals surface area contributed by atoms with Crippen LogP contribution in [0.25, 0.3) is 0 Å². The summed E-state index contributed by atoms with van der Waals surface area (Å²) in [5.74, 6) is 0.575. The molecule has 68 valence electrons. The van der Waals surface area contributed by atoms with Gasteiger partial charge in [-0.3, -0.25) is 5.01 Å². The Morgan fingerprint density at radius 3 is 2.58 bits per heavy atom. The zero-order valence-corrected chi connectivity index (χ0v) is 7.82. The standard InChI is InChI=1S/C8H15N3O/c1-7(2)11(5-6-12)10-8(3)9-4/h6-7H,4-5H2,1-3H3/b10-8-. The van der Waals surface area contributed by atoms with E-state index in [4.69, 9.17) is 0 Å². The molecule has 0 radical (unpaired) electrons. The van der Waals surface area contributed by atoms with Crippen molar-refractivity contribution in [3.05, 3.63) is 0 Å². The number of nitrogens with zero attached hydrogens (tertiary/aromatic N) is 3. The Hall–Kier alpha value is -1.19. The molecule has 0 aromatic carbocycles. The van der Waals surface area contributed by atoms with Crippen molar-refractivity contribution in [1.82, 2.24) is 5.01 Å². The van der Waals surface area contributed by atoms with E-state index < -0.39 is 0 Å². The lowest BCUT2D eigenvalue weighted by Gasteiger charge is -2.20. The number of rotatable bonds is 4. The van der Waals surface area contributed by atoms with E-state index in [-0.39, 0.29) is 6.04 Å². The van der Waals surface area contributed by atoms with Crippen molar-refractivity contribution in [2.75, 3.05) is 6.54 Å². The van der Waals surface area contributed by atoms with Gasteiger partial charge in [-0.25, -0.2) is 4.99 Å². The van der Waals surface area contributed by atoms with Gasteiger partial charge in [0.25, 0.3) is 0 Å². The van der Waals surface area contributed by atoms with Crippen LogP contribution in [-0.4, -0.2) is 36.4 Å². The molecule has 0 aromatic heterocycles. The number of hydrogen-bond donors (Lipinski definition) is 0. The molecular weight excluding hydrogens is 154 g/mol. The van der Waals surface area contributed by atoms with E-state index in [1.54, 1.807) is 11.9 Å². The van der Waals surface area contributed by atoms with Gasteiger partial charge < -0.3 is 4.79 Å². The van der Waals surface area contributed by atoms with E-state index >= 15 is 0 Å². The zero-order valence-electron chi connectivity index (χ0n) is 7.82. The van der Waals surface area contributed by atoms with Crippen molar-refractivity contribution >= 4 is 18.8 Å². The number of hydrogen-bond acceptors (Lipinski definition) is 3. The van der Waals surface area contributed by atoms with Gasteiger partial charge in [0.15, 0.2) is 0 Å². The summed E-state index contributed by atoms with van der Waals surface area (Å²) in [5.41, 5.74) is 0. The Balaban J connectivity index is 4.30. The van der Waals surface area contributed by atoms with Crippen LogP contribution in [0.2, 0.25) is 0 Å². The summed E-state index contributed by atoms with van der Waals surface area (Å²) >= 11 is 0. The fraction of sp³-hybridized carbons (Fsp3) is 0.625. The van der Waals surface area contributed by atoms with E-state index in [1.165, 1.54) is 0 Å². The third-order valence-electron chi connectivity index (χ3n) is 1.36. The first kappa shape index (κ1) is 10.8. The first-order valence-corrected chi connectivity index (χ1v) is 3.84. The molecule has 0 amide bonds. The van der Waals surface area contributed by atoms with Crippen molar-refractivity contribution in [2.45, 2.75) is 26.8 Å². The van der Waals surface area contributed by atoms with Crippen molar-refractivity contribution in [3.8, 4) is 0 Å². The zero-order chi connectivity index (χ0) is 9.56. The second-order valence-electron chi connectivity index (χ2n) is 2.69. The number of carbonyl (C=O) groups excluding carboxylic acids is 1. The number of aldehydes is 1. The van der Waals surface area contributed by atoms with Gasteiger partial charge in [-0.05, 0) is 27.5 Å². The fourth-order valence-electron chi connectivity index (χ4n) is 0.661. The first-order chi connectivity index (χ1) is 5.61. The molecule has 0 unspecified atom stereocenters. The second kappa shape index (κ2) is 5.46. The third-order valence-corrected chi connectivity index (χ3v) is 1.36. The summed E-state index contributed by atoms with van der Waals surface area (Å²) in [6.07, 6.45) is 0.819. The summed E-state index contributed by atoms with van der Waals surface area (Å²) in [5, 5.41) is 5.74. The monoisotopic (exact) mass is 169 g/mol. The van der Waals surface area contributed by atoms with Crippen molar-refractivity contribution in [2.24, 2.45) is 10.1 Å². The van der Waals surface area contributed by atoms with Gasteiger partial charge in [-0.15, -0.1) is 0 Å². The van der Waals surface area contributed by atoms with Crippen molar-refractivity contribution < 1.29 is 4.79 Å². The average molecular weight is 169 g/mol. The van der Waals surface area contributed by atoms with Gasteiger partial charge in [0.1, 0.15) is 12.1 Å². The molecule has 12 heavy (non-hydrogen) atoms. The number of amidine groups is 1. The molecular formula is C8H15N3O. The molecule has 4 nitrogen and oxygen atoms in total. The van der Waals surface area contributed by atoms with Crippen LogP contribution >= 0.6 is 0 Å². The highest BCUT2D eigenvalue weighted by Crippen LogP contribution is 1.97. The Morgan fingerprint density at radius 2 is 2.25 bits per heavy atom. The Bertz CT molecular complexity index is 187. The van der Waals surface area contributed by atoms with Gasteiger partial charge >= 0.3 is 0 Å². The Morgan fingerprint density at radius 1 is 1.67 bits per heavy atom. The lowest BCUT2D eigenvalue weighted by atomic mass is 10.4. The molecule has 0 spiro atoms. The summed E-state index contributed by atoms with van der Waals surface area (Å²) in [6, 6.07) is 0.201. The maximum Gasteiger partial charge on any atom is 0.144 e. The van der Waals surface area contributed by atoms with Crippen LogP contribution in [0.3, 0.4) is 0 Å². The van der Waals surface area contributed by atoms with Crippen LogP contribution in [0.4, 0.5) is 0 Å². The smallest absolute Gasteiger partial charge is 0.144 e. The SMILES string of the molecule is C=N/C(C)=N\N(CC=O)C(C)C. The topological polar surface area (TPSA) is 45.0 Å². The van der Waals surface area contributed by atoms with Gasteiger partial charge in [-0.1, -0.05) is 0 Å². The summed E-state index contributed by atoms with van der Waals surface area (Å²) in [7, 11) is 0. The highest BCUT2D eigenvalue weighted by atomic mass is 16.1. The van der Waals surface area contributed by atoms with Crippen LogP contribution in [0.15, 0.2) is 10.1 Å². The summed E-state index contributed by atoms with van der Waals surface area (Å²) in [4.78, 5) is 13.9. The molecule has 0 saturated heterocycles. The number of aliphatic imine (C=N–C) groups is 1.